The molecule has 0 saturated heterocycles. The number of carbonyl (C=O) groups is 3. The van der Waals surface area contributed by atoms with Crippen molar-refractivity contribution in [2.75, 3.05) is 19.6 Å². The number of nitrogens with one attached hydrogen (secondary N) is 1. The summed E-state index contributed by atoms with van der Waals surface area (Å²) in [5.41, 5.74) is 6.39. The summed E-state index contributed by atoms with van der Waals surface area (Å²) in [6.07, 6.45) is -0.625. The number of imide groups is 1. The summed E-state index contributed by atoms with van der Waals surface area (Å²) in [5, 5.41) is 2.56. The zero-order valence-corrected chi connectivity index (χ0v) is 15.3. The highest BCUT2D eigenvalue weighted by molar-refractivity contribution is 5.96. The summed E-state index contributed by atoms with van der Waals surface area (Å²) in [5.74, 6) is -0.0806. The van der Waals surface area contributed by atoms with Crippen LogP contribution in [-0.4, -0.2) is 48.0 Å². The van der Waals surface area contributed by atoms with Crippen molar-refractivity contribution >= 4 is 17.9 Å². The lowest BCUT2D eigenvalue weighted by atomic mass is 10.1. The Morgan fingerprint density at radius 3 is 2.28 bits per heavy atom. The van der Waals surface area contributed by atoms with Gasteiger partial charge in [-0.2, -0.15) is 0 Å². The van der Waals surface area contributed by atoms with Crippen molar-refractivity contribution in [3.63, 3.8) is 0 Å². The van der Waals surface area contributed by atoms with Crippen molar-refractivity contribution in [1.29, 1.82) is 0 Å². The fourth-order valence-corrected chi connectivity index (χ4v) is 1.98. The molecule has 0 bridgehead atoms. The van der Waals surface area contributed by atoms with Gasteiger partial charge in [0.15, 0.2) is 5.78 Å². The molecule has 0 aliphatic carbocycles. The SMILES string of the molecule is Cc1ccc(C(=O)CCNC(=O)N(CCN)C(=O)OC(C)(C)C)cc1. The molecule has 0 aliphatic rings. The normalized spacial score (nSPS) is 10.9. The second-order valence-corrected chi connectivity index (χ2v) is 6.69. The van der Waals surface area contributed by atoms with Crippen LogP contribution in [0, 0.1) is 6.92 Å². The van der Waals surface area contributed by atoms with Crippen LogP contribution in [0.2, 0.25) is 0 Å². The molecule has 3 N–H and O–H groups in total. The predicted molar refractivity (Wildman–Crippen MR) is 95.5 cm³/mol. The highest BCUT2D eigenvalue weighted by Gasteiger charge is 2.26. The van der Waals surface area contributed by atoms with E-state index in [0.717, 1.165) is 10.5 Å². The number of rotatable bonds is 6. The molecule has 0 radical (unpaired) electrons. The molecule has 0 aliphatic heterocycles. The van der Waals surface area contributed by atoms with Gasteiger partial charge in [-0.05, 0) is 27.7 Å². The Morgan fingerprint density at radius 2 is 1.76 bits per heavy atom. The fraction of sp³-hybridized carbons (Fsp3) is 0.500. The van der Waals surface area contributed by atoms with E-state index in [-0.39, 0.29) is 31.8 Å². The Hall–Kier alpha value is -2.41. The third-order valence-electron chi connectivity index (χ3n) is 3.21. The molecule has 138 valence electrons. The van der Waals surface area contributed by atoms with Gasteiger partial charge >= 0.3 is 12.1 Å². The zero-order valence-electron chi connectivity index (χ0n) is 15.3. The smallest absolute Gasteiger partial charge is 0.418 e. The van der Waals surface area contributed by atoms with Crippen LogP contribution in [0.25, 0.3) is 0 Å². The van der Waals surface area contributed by atoms with Crippen molar-refractivity contribution in [2.24, 2.45) is 5.73 Å². The molecule has 0 atom stereocenters. The van der Waals surface area contributed by atoms with E-state index in [4.69, 9.17) is 10.5 Å². The second kappa shape index (κ2) is 9.17. The summed E-state index contributed by atoms with van der Waals surface area (Å²) in [6, 6.07) is 6.59. The monoisotopic (exact) mass is 349 g/mol. The first kappa shape index (κ1) is 20.6. The van der Waals surface area contributed by atoms with Crippen LogP contribution in [0.3, 0.4) is 0 Å². The fourth-order valence-electron chi connectivity index (χ4n) is 1.98. The number of hydrogen-bond donors (Lipinski definition) is 2. The van der Waals surface area contributed by atoms with E-state index in [0.29, 0.717) is 5.56 Å². The molecule has 0 unspecified atom stereocenters. The van der Waals surface area contributed by atoms with E-state index in [2.05, 4.69) is 5.32 Å². The van der Waals surface area contributed by atoms with Gasteiger partial charge in [-0.15, -0.1) is 0 Å². The first-order chi connectivity index (χ1) is 11.6. The average molecular weight is 349 g/mol. The van der Waals surface area contributed by atoms with Gasteiger partial charge in [-0.1, -0.05) is 29.8 Å². The minimum atomic E-state index is -0.764. The molecule has 0 heterocycles. The first-order valence-corrected chi connectivity index (χ1v) is 8.22. The maximum Gasteiger partial charge on any atom is 0.418 e. The Kier molecular flexibility index (Phi) is 7.57. The number of hydrogen-bond acceptors (Lipinski definition) is 5. The van der Waals surface area contributed by atoms with Crippen LogP contribution in [0.5, 0.6) is 0 Å². The number of benzene rings is 1. The molecule has 25 heavy (non-hydrogen) atoms. The first-order valence-electron chi connectivity index (χ1n) is 8.22. The van der Waals surface area contributed by atoms with Gasteiger partial charge in [0, 0.05) is 31.6 Å². The van der Waals surface area contributed by atoms with Gasteiger partial charge in [0.2, 0.25) is 0 Å². The summed E-state index contributed by atoms with van der Waals surface area (Å²) in [4.78, 5) is 37.2. The number of nitrogens with zero attached hydrogens (tertiary/aromatic N) is 1. The van der Waals surface area contributed by atoms with Crippen LogP contribution in [0.15, 0.2) is 24.3 Å². The number of urea groups is 1. The quantitative estimate of drug-likeness (QED) is 0.768. The van der Waals surface area contributed by atoms with Gasteiger partial charge in [-0.3, -0.25) is 4.79 Å². The van der Waals surface area contributed by atoms with Gasteiger partial charge in [0.05, 0.1) is 0 Å². The maximum atomic E-state index is 12.2. The summed E-state index contributed by atoms with van der Waals surface area (Å²) < 4.78 is 5.19. The minimum Gasteiger partial charge on any atom is -0.443 e. The lowest BCUT2D eigenvalue weighted by Gasteiger charge is -2.26. The largest absolute Gasteiger partial charge is 0.443 e. The van der Waals surface area contributed by atoms with Crippen LogP contribution in [0.1, 0.15) is 43.1 Å². The van der Waals surface area contributed by atoms with Crippen molar-refractivity contribution in [3.05, 3.63) is 35.4 Å². The standard InChI is InChI=1S/C18H27N3O4/c1-13-5-7-14(8-6-13)15(22)9-11-20-16(23)21(12-10-19)17(24)25-18(2,3)4/h5-8H,9-12,19H2,1-4H3,(H,20,23). The topological polar surface area (TPSA) is 102 Å². The summed E-state index contributed by atoms with van der Waals surface area (Å²) >= 11 is 0. The van der Waals surface area contributed by atoms with Crippen molar-refractivity contribution in [3.8, 4) is 0 Å². The molecule has 0 spiro atoms. The second-order valence-electron chi connectivity index (χ2n) is 6.69. The number of ketones is 1. The van der Waals surface area contributed by atoms with E-state index in [9.17, 15) is 14.4 Å². The average Bonchev–Trinajstić information content (AvgIpc) is 2.51. The Balaban J connectivity index is 2.55. The van der Waals surface area contributed by atoms with Gasteiger partial charge in [0.25, 0.3) is 0 Å². The number of aryl methyl sites for hydroxylation is 1. The zero-order chi connectivity index (χ0) is 19.0. The molecule has 7 heteroatoms. The molecule has 1 aromatic rings. The molecule has 1 rings (SSSR count). The minimum absolute atomic E-state index is 0.0344. The Bertz CT molecular complexity index is 606. The van der Waals surface area contributed by atoms with E-state index in [1.807, 2.05) is 19.1 Å². The lowest BCUT2D eigenvalue weighted by Crippen LogP contribution is -2.48. The summed E-state index contributed by atoms with van der Waals surface area (Å²) in [6.45, 7) is 7.35. The number of amides is 3. The third-order valence-corrected chi connectivity index (χ3v) is 3.21. The number of carbonyl (C=O) groups excluding carboxylic acids is 3. The molecule has 0 aromatic heterocycles. The number of nitrogens with two attached hydrogens (primary N) is 1. The van der Waals surface area contributed by atoms with Gasteiger partial charge in [-0.25, -0.2) is 14.5 Å². The van der Waals surface area contributed by atoms with E-state index in [1.165, 1.54) is 0 Å². The van der Waals surface area contributed by atoms with Crippen LogP contribution >= 0.6 is 0 Å². The molecule has 0 saturated carbocycles. The van der Waals surface area contributed by atoms with Gasteiger partial charge in [0.1, 0.15) is 5.60 Å². The van der Waals surface area contributed by atoms with Crippen LogP contribution in [0.4, 0.5) is 9.59 Å². The summed E-state index contributed by atoms with van der Waals surface area (Å²) in [7, 11) is 0. The Labute approximate surface area is 148 Å². The highest BCUT2D eigenvalue weighted by Crippen LogP contribution is 2.10. The lowest BCUT2D eigenvalue weighted by molar-refractivity contribution is 0.0326. The van der Waals surface area contributed by atoms with Crippen molar-refractivity contribution < 1.29 is 19.1 Å². The highest BCUT2D eigenvalue weighted by atomic mass is 16.6. The molecule has 0 fully saturated rings. The molecule has 1 aromatic carbocycles. The number of ether oxygens (including phenoxy) is 1. The molecule has 7 nitrogen and oxygen atoms in total. The Morgan fingerprint density at radius 1 is 1.16 bits per heavy atom. The van der Waals surface area contributed by atoms with E-state index < -0.39 is 17.7 Å². The molecular formula is C18H27N3O4. The van der Waals surface area contributed by atoms with Crippen molar-refractivity contribution in [1.82, 2.24) is 10.2 Å². The van der Waals surface area contributed by atoms with Crippen LogP contribution < -0.4 is 11.1 Å². The molecular weight excluding hydrogens is 322 g/mol. The predicted octanol–water partition coefficient (Wildman–Crippen LogP) is 2.47. The van der Waals surface area contributed by atoms with E-state index >= 15 is 0 Å². The number of Topliss-reactive ketones (excluding diaryl/α,β-unsaturated/α-hetero) is 1. The van der Waals surface area contributed by atoms with Crippen molar-refractivity contribution in [2.45, 2.75) is 39.7 Å². The molecule has 3 amide bonds. The van der Waals surface area contributed by atoms with E-state index in [1.54, 1.807) is 32.9 Å². The van der Waals surface area contributed by atoms with Crippen LogP contribution in [-0.2, 0) is 4.74 Å². The third kappa shape index (κ3) is 7.34. The van der Waals surface area contributed by atoms with Gasteiger partial charge < -0.3 is 15.8 Å². The maximum absolute atomic E-state index is 12.2.